The van der Waals surface area contributed by atoms with Gasteiger partial charge in [-0.05, 0) is 42.5 Å². The van der Waals surface area contributed by atoms with Gasteiger partial charge in [0.2, 0.25) is 10.0 Å². The van der Waals surface area contributed by atoms with Crippen LogP contribution in [0.4, 0.5) is 17.1 Å². The van der Waals surface area contributed by atoms with Gasteiger partial charge in [0.05, 0.1) is 36.0 Å². The van der Waals surface area contributed by atoms with Crippen LogP contribution in [-0.4, -0.2) is 39.7 Å². The third-order valence-corrected chi connectivity index (χ3v) is 5.88. The number of nitrogens with one attached hydrogen (secondary N) is 2. The van der Waals surface area contributed by atoms with Crippen LogP contribution in [0, 0.1) is 0 Å². The molecule has 1 aliphatic rings. The first-order chi connectivity index (χ1) is 13.2. The number of carbonyl (C=O) groups is 1. The Kier molecular flexibility index (Phi) is 5.78. The minimum Gasteiger partial charge on any atom is -0.353 e. The molecule has 2 aromatic rings. The van der Waals surface area contributed by atoms with Crippen LogP contribution >= 0.6 is 11.6 Å². The van der Waals surface area contributed by atoms with E-state index in [-0.39, 0.29) is 10.7 Å². The fourth-order valence-electron chi connectivity index (χ4n) is 2.77. The molecule has 150 valence electrons. The van der Waals surface area contributed by atoms with Crippen molar-refractivity contribution in [3.8, 4) is 0 Å². The van der Waals surface area contributed by atoms with E-state index >= 15 is 0 Å². The van der Waals surface area contributed by atoms with E-state index < -0.39 is 15.9 Å². The van der Waals surface area contributed by atoms with Crippen LogP contribution in [0.15, 0.2) is 30.5 Å². The Hall–Kier alpha value is -2.36. The van der Waals surface area contributed by atoms with Crippen LogP contribution in [-0.2, 0) is 14.9 Å². The van der Waals surface area contributed by atoms with Gasteiger partial charge in [0.15, 0.2) is 0 Å². The number of hydrogen-bond donors (Lipinski definition) is 2. The summed E-state index contributed by atoms with van der Waals surface area (Å²) in [6.45, 7) is 0. The molecule has 0 saturated heterocycles. The van der Waals surface area contributed by atoms with Gasteiger partial charge in [0.1, 0.15) is 5.15 Å². The standard InChI is InChI=1S/C18H21ClN4O4S/c1-23(28(3,25)26)16-8-12(11-4-5-11)6-7-14(16)21-15-9-17(19)20-10-13(15)18(24)22-27-2/h6-11H,4-5H2,1-3H3,(H,20,21)(H,22,24). The first-order valence-corrected chi connectivity index (χ1v) is 10.8. The van der Waals surface area contributed by atoms with Gasteiger partial charge in [-0.25, -0.2) is 18.9 Å². The summed E-state index contributed by atoms with van der Waals surface area (Å²) >= 11 is 5.99. The number of rotatable bonds is 7. The Bertz CT molecular complexity index is 1010. The predicted molar refractivity (Wildman–Crippen MR) is 109 cm³/mol. The number of pyridine rings is 1. The van der Waals surface area contributed by atoms with E-state index in [4.69, 9.17) is 11.6 Å². The molecule has 2 N–H and O–H groups in total. The number of anilines is 3. The molecule has 1 amide bonds. The van der Waals surface area contributed by atoms with Gasteiger partial charge in [0, 0.05) is 13.2 Å². The lowest BCUT2D eigenvalue weighted by molar-refractivity contribution is 0.0538. The third kappa shape index (κ3) is 4.54. The second-order valence-electron chi connectivity index (χ2n) is 6.59. The molecule has 0 radical (unpaired) electrons. The molecule has 1 aromatic carbocycles. The molecule has 3 rings (SSSR count). The van der Waals surface area contributed by atoms with Crippen molar-refractivity contribution in [1.82, 2.24) is 10.5 Å². The average Bonchev–Trinajstić information content (AvgIpc) is 3.46. The van der Waals surface area contributed by atoms with Crippen LogP contribution in [0.5, 0.6) is 0 Å². The summed E-state index contributed by atoms with van der Waals surface area (Å²) in [5.41, 5.74) is 4.89. The van der Waals surface area contributed by atoms with E-state index in [1.54, 1.807) is 6.07 Å². The fourth-order valence-corrected chi connectivity index (χ4v) is 3.44. The van der Waals surface area contributed by atoms with Crippen LogP contribution in [0.1, 0.15) is 34.7 Å². The van der Waals surface area contributed by atoms with Crippen molar-refractivity contribution in [2.45, 2.75) is 18.8 Å². The van der Waals surface area contributed by atoms with Crippen molar-refractivity contribution >= 4 is 44.6 Å². The van der Waals surface area contributed by atoms with E-state index in [0.717, 1.165) is 24.7 Å². The zero-order valence-corrected chi connectivity index (χ0v) is 17.3. The lowest BCUT2D eigenvalue weighted by Gasteiger charge is -2.22. The Balaban J connectivity index is 2.05. The lowest BCUT2D eigenvalue weighted by atomic mass is 10.1. The van der Waals surface area contributed by atoms with Crippen molar-refractivity contribution in [3.63, 3.8) is 0 Å². The van der Waals surface area contributed by atoms with Gasteiger partial charge >= 0.3 is 0 Å². The minimum atomic E-state index is -3.48. The van der Waals surface area contributed by atoms with Gasteiger partial charge in [-0.15, -0.1) is 0 Å². The van der Waals surface area contributed by atoms with E-state index in [1.165, 1.54) is 30.7 Å². The fraction of sp³-hybridized carbons (Fsp3) is 0.333. The molecule has 0 atom stereocenters. The number of halogens is 1. The Morgan fingerprint density at radius 3 is 2.61 bits per heavy atom. The molecule has 1 heterocycles. The number of aromatic nitrogens is 1. The van der Waals surface area contributed by atoms with Gasteiger partial charge < -0.3 is 5.32 Å². The van der Waals surface area contributed by atoms with Crippen molar-refractivity contribution in [3.05, 3.63) is 46.7 Å². The molecular weight excluding hydrogens is 404 g/mol. The van der Waals surface area contributed by atoms with Gasteiger partial charge in [-0.3, -0.25) is 13.9 Å². The predicted octanol–water partition coefficient (Wildman–Crippen LogP) is 3.04. The number of hydroxylamine groups is 1. The summed E-state index contributed by atoms with van der Waals surface area (Å²) in [5.74, 6) is -0.0547. The maximum absolute atomic E-state index is 12.2. The number of benzene rings is 1. The second-order valence-corrected chi connectivity index (χ2v) is 9.00. The molecule has 0 aliphatic heterocycles. The summed E-state index contributed by atoms with van der Waals surface area (Å²) in [5, 5.41) is 3.30. The third-order valence-electron chi connectivity index (χ3n) is 4.49. The highest BCUT2D eigenvalue weighted by molar-refractivity contribution is 7.92. The monoisotopic (exact) mass is 424 g/mol. The van der Waals surface area contributed by atoms with Crippen molar-refractivity contribution in [1.29, 1.82) is 0 Å². The molecule has 28 heavy (non-hydrogen) atoms. The Labute approximate surface area is 168 Å². The normalized spacial score (nSPS) is 13.9. The second kappa shape index (κ2) is 7.94. The van der Waals surface area contributed by atoms with Crippen LogP contribution in [0.25, 0.3) is 0 Å². The molecule has 1 aromatic heterocycles. The topological polar surface area (TPSA) is 101 Å². The average molecular weight is 425 g/mol. The molecule has 0 unspecified atom stereocenters. The van der Waals surface area contributed by atoms with Crippen LogP contribution in [0.3, 0.4) is 0 Å². The van der Waals surface area contributed by atoms with E-state index in [1.807, 2.05) is 12.1 Å². The van der Waals surface area contributed by atoms with Gasteiger partial charge in [-0.1, -0.05) is 17.7 Å². The lowest BCUT2D eigenvalue weighted by Crippen LogP contribution is -2.26. The number of hydrogen-bond acceptors (Lipinski definition) is 6. The molecule has 1 saturated carbocycles. The molecule has 0 bridgehead atoms. The summed E-state index contributed by atoms with van der Waals surface area (Å²) < 4.78 is 25.5. The van der Waals surface area contributed by atoms with Gasteiger partial charge in [0.25, 0.3) is 5.91 Å². The summed E-state index contributed by atoms with van der Waals surface area (Å²) in [6, 6.07) is 7.11. The maximum Gasteiger partial charge on any atom is 0.278 e. The van der Waals surface area contributed by atoms with Crippen LogP contribution < -0.4 is 15.1 Å². The zero-order valence-electron chi connectivity index (χ0n) is 15.7. The van der Waals surface area contributed by atoms with E-state index in [0.29, 0.717) is 23.0 Å². The first-order valence-electron chi connectivity index (χ1n) is 8.54. The van der Waals surface area contributed by atoms with Crippen LogP contribution in [0.2, 0.25) is 5.15 Å². The number of carbonyl (C=O) groups excluding carboxylic acids is 1. The molecule has 0 spiro atoms. The maximum atomic E-state index is 12.2. The Morgan fingerprint density at radius 1 is 1.29 bits per heavy atom. The minimum absolute atomic E-state index is 0.184. The van der Waals surface area contributed by atoms with Crippen molar-refractivity contribution in [2.24, 2.45) is 0 Å². The summed E-state index contributed by atoms with van der Waals surface area (Å²) in [4.78, 5) is 20.8. The summed E-state index contributed by atoms with van der Waals surface area (Å²) in [6.07, 6.45) is 4.64. The summed E-state index contributed by atoms with van der Waals surface area (Å²) in [7, 11) is -0.666. The quantitative estimate of drug-likeness (QED) is 0.523. The molecular formula is C18H21ClN4O4S. The zero-order chi connectivity index (χ0) is 20.5. The number of nitrogens with zero attached hydrogens (tertiary/aromatic N) is 2. The van der Waals surface area contributed by atoms with E-state index in [9.17, 15) is 13.2 Å². The smallest absolute Gasteiger partial charge is 0.278 e. The molecule has 10 heteroatoms. The highest BCUT2D eigenvalue weighted by Gasteiger charge is 2.26. The first kappa shape index (κ1) is 20.4. The van der Waals surface area contributed by atoms with Crippen molar-refractivity contribution in [2.75, 3.05) is 30.0 Å². The highest BCUT2D eigenvalue weighted by Crippen LogP contribution is 2.43. The number of amides is 1. The number of sulfonamides is 1. The van der Waals surface area contributed by atoms with Gasteiger partial charge in [-0.2, -0.15) is 0 Å². The highest BCUT2D eigenvalue weighted by atomic mass is 35.5. The SMILES string of the molecule is CONC(=O)c1cnc(Cl)cc1Nc1ccc(C2CC2)cc1N(C)S(C)(=O)=O. The Morgan fingerprint density at radius 2 is 2.00 bits per heavy atom. The molecule has 8 nitrogen and oxygen atoms in total. The molecule has 1 aliphatic carbocycles. The molecule has 1 fully saturated rings. The van der Waals surface area contributed by atoms with E-state index in [2.05, 4.69) is 20.6 Å². The van der Waals surface area contributed by atoms with Crippen molar-refractivity contribution < 1.29 is 18.0 Å². The largest absolute Gasteiger partial charge is 0.353 e.